The van der Waals surface area contributed by atoms with Crippen molar-refractivity contribution in [2.24, 2.45) is 0 Å². The van der Waals surface area contributed by atoms with Crippen molar-refractivity contribution in [2.45, 2.75) is 53.1 Å². The van der Waals surface area contributed by atoms with Gasteiger partial charge in [0, 0.05) is 37.9 Å². The minimum Gasteiger partial charge on any atom is -0.336 e. The summed E-state index contributed by atoms with van der Waals surface area (Å²) in [6, 6.07) is 0.964. The second kappa shape index (κ2) is 6.52. The van der Waals surface area contributed by atoms with Gasteiger partial charge in [0.25, 0.3) is 5.91 Å². The molecule has 1 atom stereocenters. The zero-order chi connectivity index (χ0) is 15.6. The van der Waals surface area contributed by atoms with Crippen LogP contribution in [0.2, 0.25) is 0 Å². The van der Waals surface area contributed by atoms with E-state index in [9.17, 15) is 4.79 Å². The highest BCUT2D eigenvalue weighted by Crippen LogP contribution is 2.18. The summed E-state index contributed by atoms with van der Waals surface area (Å²) in [5, 5.41) is 0. The molecule has 1 aliphatic heterocycles. The third-order valence-electron chi connectivity index (χ3n) is 4.28. The second-order valence-electron chi connectivity index (χ2n) is 6.06. The molecule has 0 radical (unpaired) electrons. The van der Waals surface area contributed by atoms with E-state index in [1.165, 1.54) is 0 Å². The maximum absolute atomic E-state index is 12.7. The molecule has 1 amide bonds. The molecule has 0 aromatic carbocycles. The Kier molecular flexibility index (Phi) is 4.93. The van der Waals surface area contributed by atoms with Crippen LogP contribution in [-0.2, 0) is 0 Å². The molecule has 116 valence electrons. The van der Waals surface area contributed by atoms with Gasteiger partial charge >= 0.3 is 0 Å². The fourth-order valence-electron chi connectivity index (χ4n) is 3.06. The number of amides is 1. The highest BCUT2D eigenvalue weighted by atomic mass is 16.2. The van der Waals surface area contributed by atoms with Gasteiger partial charge in [-0.3, -0.25) is 9.69 Å². The number of aromatic nitrogens is 2. The Morgan fingerprint density at radius 2 is 2.10 bits per heavy atom. The summed E-state index contributed by atoms with van der Waals surface area (Å²) in [4.78, 5) is 25.6. The van der Waals surface area contributed by atoms with E-state index in [1.54, 1.807) is 6.20 Å². The van der Waals surface area contributed by atoms with E-state index in [1.807, 2.05) is 18.7 Å². The van der Waals surface area contributed by atoms with Crippen LogP contribution in [0.1, 0.15) is 49.1 Å². The van der Waals surface area contributed by atoms with Gasteiger partial charge in [-0.2, -0.15) is 0 Å². The zero-order valence-corrected chi connectivity index (χ0v) is 13.8. The molecule has 1 aromatic heterocycles. The number of hydrogen-bond acceptors (Lipinski definition) is 4. The molecule has 5 nitrogen and oxygen atoms in total. The van der Waals surface area contributed by atoms with Crippen molar-refractivity contribution in [1.29, 1.82) is 0 Å². The predicted octanol–water partition coefficient (Wildman–Crippen LogP) is 2.04. The average molecular weight is 290 g/mol. The zero-order valence-electron chi connectivity index (χ0n) is 13.8. The normalized spacial score (nSPS) is 20.1. The van der Waals surface area contributed by atoms with Gasteiger partial charge in [0.05, 0.1) is 11.3 Å². The van der Waals surface area contributed by atoms with Crippen molar-refractivity contribution in [3.8, 4) is 0 Å². The molecule has 0 unspecified atom stereocenters. The maximum Gasteiger partial charge on any atom is 0.257 e. The van der Waals surface area contributed by atoms with Crippen molar-refractivity contribution in [2.75, 3.05) is 19.6 Å². The fourth-order valence-corrected chi connectivity index (χ4v) is 3.06. The number of rotatable bonds is 3. The Labute approximate surface area is 127 Å². The van der Waals surface area contributed by atoms with Crippen molar-refractivity contribution in [3.63, 3.8) is 0 Å². The largest absolute Gasteiger partial charge is 0.336 e. The van der Waals surface area contributed by atoms with E-state index in [0.29, 0.717) is 23.5 Å². The Bertz CT molecular complexity index is 515. The summed E-state index contributed by atoms with van der Waals surface area (Å²) in [7, 11) is 0. The second-order valence-corrected chi connectivity index (χ2v) is 6.06. The lowest BCUT2D eigenvalue weighted by Gasteiger charge is -2.43. The van der Waals surface area contributed by atoms with Crippen molar-refractivity contribution >= 4 is 5.91 Å². The molecular weight excluding hydrogens is 264 g/mol. The van der Waals surface area contributed by atoms with Crippen LogP contribution in [0.25, 0.3) is 0 Å². The fraction of sp³-hybridized carbons (Fsp3) is 0.688. The molecule has 0 bridgehead atoms. The Morgan fingerprint density at radius 1 is 1.38 bits per heavy atom. The highest BCUT2D eigenvalue weighted by molar-refractivity contribution is 5.95. The number of nitrogens with zero attached hydrogens (tertiary/aromatic N) is 4. The summed E-state index contributed by atoms with van der Waals surface area (Å²) < 4.78 is 0. The van der Waals surface area contributed by atoms with E-state index in [2.05, 4.69) is 35.6 Å². The van der Waals surface area contributed by atoms with E-state index in [4.69, 9.17) is 0 Å². The number of aryl methyl sites for hydroxylation is 2. The molecule has 1 aliphatic rings. The number of carbonyl (C=O) groups excluding carboxylic acids is 1. The first-order valence-electron chi connectivity index (χ1n) is 7.79. The Morgan fingerprint density at radius 3 is 2.67 bits per heavy atom. The molecule has 0 aliphatic carbocycles. The Hall–Kier alpha value is -1.49. The molecule has 5 heteroatoms. The summed E-state index contributed by atoms with van der Waals surface area (Å²) in [5.74, 6) is 0.773. The van der Waals surface area contributed by atoms with Crippen LogP contribution in [0.4, 0.5) is 0 Å². The van der Waals surface area contributed by atoms with E-state index in [0.717, 1.165) is 31.7 Å². The Balaban J connectivity index is 2.14. The SMILES string of the molecule is CC[C@H]1CN(C(=O)c2cnc(C)nc2C)CCN1C(C)C. The standard InChI is InChI=1S/C16H26N4O/c1-6-14-10-19(7-8-20(14)11(2)3)16(21)15-9-17-13(5)18-12(15)4/h9,11,14H,6-8,10H2,1-5H3/t14-/m0/s1. The third kappa shape index (κ3) is 3.40. The van der Waals surface area contributed by atoms with E-state index < -0.39 is 0 Å². The summed E-state index contributed by atoms with van der Waals surface area (Å²) in [5.41, 5.74) is 1.40. The monoisotopic (exact) mass is 290 g/mol. The maximum atomic E-state index is 12.7. The summed E-state index contributed by atoms with van der Waals surface area (Å²) in [6.07, 6.45) is 2.72. The van der Waals surface area contributed by atoms with E-state index >= 15 is 0 Å². The van der Waals surface area contributed by atoms with Crippen LogP contribution in [0.15, 0.2) is 6.20 Å². The number of hydrogen-bond donors (Lipinski definition) is 0. The molecule has 2 heterocycles. The molecule has 0 spiro atoms. The van der Waals surface area contributed by atoms with E-state index in [-0.39, 0.29) is 5.91 Å². The third-order valence-corrected chi connectivity index (χ3v) is 4.28. The van der Waals surface area contributed by atoms with Gasteiger partial charge in [-0.25, -0.2) is 9.97 Å². The molecule has 21 heavy (non-hydrogen) atoms. The quantitative estimate of drug-likeness (QED) is 0.855. The average Bonchev–Trinajstić information content (AvgIpc) is 2.45. The minimum atomic E-state index is 0.0642. The first-order valence-corrected chi connectivity index (χ1v) is 7.79. The van der Waals surface area contributed by atoms with Crippen molar-refractivity contribution < 1.29 is 4.79 Å². The van der Waals surface area contributed by atoms with Gasteiger partial charge in [0.15, 0.2) is 0 Å². The molecule has 0 N–H and O–H groups in total. The van der Waals surface area contributed by atoms with Crippen molar-refractivity contribution in [1.82, 2.24) is 19.8 Å². The lowest BCUT2D eigenvalue weighted by Crippen LogP contribution is -2.56. The van der Waals surface area contributed by atoms with Gasteiger partial charge in [-0.15, -0.1) is 0 Å². The summed E-state index contributed by atoms with van der Waals surface area (Å²) >= 11 is 0. The van der Waals surface area contributed by atoms with Gasteiger partial charge in [0.2, 0.25) is 0 Å². The van der Waals surface area contributed by atoms with Crippen LogP contribution in [0.5, 0.6) is 0 Å². The van der Waals surface area contributed by atoms with Crippen LogP contribution in [-0.4, -0.2) is 57.4 Å². The predicted molar refractivity (Wildman–Crippen MR) is 83.3 cm³/mol. The molecule has 0 saturated carbocycles. The lowest BCUT2D eigenvalue weighted by atomic mass is 10.1. The smallest absolute Gasteiger partial charge is 0.257 e. The van der Waals surface area contributed by atoms with Crippen LogP contribution in [0.3, 0.4) is 0 Å². The molecule has 2 rings (SSSR count). The van der Waals surface area contributed by atoms with Gasteiger partial charge in [-0.05, 0) is 34.1 Å². The van der Waals surface area contributed by atoms with Crippen LogP contribution >= 0.6 is 0 Å². The molecular formula is C16H26N4O. The minimum absolute atomic E-state index is 0.0642. The topological polar surface area (TPSA) is 49.3 Å². The first-order chi connectivity index (χ1) is 9.93. The number of piperazine rings is 1. The van der Waals surface area contributed by atoms with Crippen LogP contribution < -0.4 is 0 Å². The molecule has 1 aromatic rings. The van der Waals surface area contributed by atoms with Gasteiger partial charge in [0.1, 0.15) is 5.82 Å². The van der Waals surface area contributed by atoms with Crippen molar-refractivity contribution in [3.05, 3.63) is 23.3 Å². The highest BCUT2D eigenvalue weighted by Gasteiger charge is 2.30. The van der Waals surface area contributed by atoms with Gasteiger partial charge < -0.3 is 4.90 Å². The lowest BCUT2D eigenvalue weighted by molar-refractivity contribution is 0.0370. The molecule has 1 fully saturated rings. The van der Waals surface area contributed by atoms with Crippen LogP contribution in [0, 0.1) is 13.8 Å². The van der Waals surface area contributed by atoms with Gasteiger partial charge in [-0.1, -0.05) is 6.92 Å². The summed E-state index contributed by atoms with van der Waals surface area (Å²) in [6.45, 7) is 12.9. The first kappa shape index (κ1) is 15.9. The number of carbonyl (C=O) groups is 1. The molecule has 1 saturated heterocycles.